The summed E-state index contributed by atoms with van der Waals surface area (Å²) in [5.41, 5.74) is 2.71. The largest absolute Gasteiger partial charge is 0.265 e. The van der Waals surface area contributed by atoms with Crippen LogP contribution in [0.4, 0.5) is 0 Å². The highest BCUT2D eigenvalue weighted by Gasteiger charge is 2.42. The van der Waals surface area contributed by atoms with Gasteiger partial charge in [0.15, 0.2) is 0 Å². The lowest BCUT2D eigenvalue weighted by Gasteiger charge is -2.09. The second-order valence-corrected chi connectivity index (χ2v) is 5.55. The van der Waals surface area contributed by atoms with Crippen molar-refractivity contribution in [2.45, 2.75) is 24.1 Å². The minimum absolute atomic E-state index is 0.234. The highest BCUT2D eigenvalue weighted by atomic mass is 35.5. The fraction of sp³-hybridized carbons (Fsp3) is 0.312. The minimum atomic E-state index is 0.234. The van der Waals surface area contributed by atoms with E-state index in [2.05, 4.69) is 47.4 Å². The predicted molar refractivity (Wildman–Crippen MR) is 74.9 cm³/mol. The molecule has 1 fully saturated rings. The lowest BCUT2D eigenvalue weighted by Crippen LogP contribution is -2.07. The number of hydrogen-bond donors (Lipinski definition) is 0. The van der Waals surface area contributed by atoms with E-state index in [1.54, 1.807) is 0 Å². The van der Waals surface area contributed by atoms with Crippen LogP contribution in [-0.2, 0) is 6.42 Å². The van der Waals surface area contributed by atoms with Gasteiger partial charge in [0.25, 0.3) is 0 Å². The van der Waals surface area contributed by atoms with E-state index in [0.717, 1.165) is 6.42 Å². The van der Waals surface area contributed by atoms with Gasteiger partial charge in [0.1, 0.15) is 0 Å². The van der Waals surface area contributed by atoms with Crippen LogP contribution in [0, 0.1) is 5.92 Å². The van der Waals surface area contributed by atoms with Gasteiger partial charge in [0, 0.05) is 17.8 Å². The van der Waals surface area contributed by atoms with Gasteiger partial charge in [-0.3, -0.25) is 4.98 Å². The Bertz CT molecular complexity index is 497. The highest BCUT2D eigenvalue weighted by molar-refractivity contribution is 6.21. The first-order valence-electron chi connectivity index (χ1n) is 6.42. The fourth-order valence-electron chi connectivity index (χ4n) is 2.59. The molecule has 3 rings (SSSR count). The first-order valence-corrected chi connectivity index (χ1v) is 6.86. The molecule has 0 N–H and O–H groups in total. The van der Waals surface area contributed by atoms with Crippen LogP contribution < -0.4 is 0 Å². The average Bonchev–Trinajstić information content (AvgIpc) is 3.21. The summed E-state index contributed by atoms with van der Waals surface area (Å²) < 4.78 is 0. The Morgan fingerprint density at radius 1 is 1.11 bits per heavy atom. The second-order valence-electron chi connectivity index (χ2n) is 4.99. The molecule has 1 nitrogen and oxygen atoms in total. The third-order valence-corrected chi connectivity index (χ3v) is 4.19. The van der Waals surface area contributed by atoms with Gasteiger partial charge in [0.05, 0.1) is 0 Å². The zero-order valence-corrected chi connectivity index (χ0v) is 10.9. The average molecular weight is 258 g/mol. The van der Waals surface area contributed by atoms with Gasteiger partial charge in [0.2, 0.25) is 0 Å². The standard InChI is InChI=1S/C16H16ClN/c17-16(10-12-6-8-18-9-7-12)15-11-14(15)13-4-2-1-3-5-13/h1-9,14-16H,10-11H2. The fourth-order valence-corrected chi connectivity index (χ4v) is 3.05. The molecular weight excluding hydrogens is 242 g/mol. The van der Waals surface area contributed by atoms with Crippen molar-refractivity contribution in [3.05, 3.63) is 66.0 Å². The van der Waals surface area contributed by atoms with Gasteiger partial charge < -0.3 is 0 Å². The van der Waals surface area contributed by atoms with Crippen LogP contribution in [0.2, 0.25) is 0 Å². The van der Waals surface area contributed by atoms with Gasteiger partial charge >= 0.3 is 0 Å². The van der Waals surface area contributed by atoms with Gasteiger partial charge in [-0.15, -0.1) is 11.6 Å². The summed E-state index contributed by atoms with van der Waals surface area (Å²) >= 11 is 6.54. The van der Waals surface area contributed by atoms with Crippen LogP contribution >= 0.6 is 11.6 Å². The van der Waals surface area contributed by atoms with E-state index < -0.39 is 0 Å². The van der Waals surface area contributed by atoms with Gasteiger partial charge in [-0.05, 0) is 47.9 Å². The maximum atomic E-state index is 6.54. The van der Waals surface area contributed by atoms with E-state index in [-0.39, 0.29) is 5.38 Å². The molecule has 3 unspecified atom stereocenters. The van der Waals surface area contributed by atoms with Crippen molar-refractivity contribution in [2.24, 2.45) is 5.92 Å². The third kappa shape index (κ3) is 2.56. The third-order valence-electron chi connectivity index (χ3n) is 3.71. The monoisotopic (exact) mass is 257 g/mol. The number of halogens is 1. The van der Waals surface area contributed by atoms with Crippen molar-refractivity contribution in [3.63, 3.8) is 0 Å². The Morgan fingerprint density at radius 2 is 1.83 bits per heavy atom. The van der Waals surface area contributed by atoms with Crippen molar-refractivity contribution < 1.29 is 0 Å². The lowest BCUT2D eigenvalue weighted by molar-refractivity contribution is 0.713. The van der Waals surface area contributed by atoms with Crippen LogP contribution in [0.1, 0.15) is 23.5 Å². The molecule has 0 saturated heterocycles. The van der Waals surface area contributed by atoms with Crippen LogP contribution in [0.5, 0.6) is 0 Å². The molecule has 2 heteroatoms. The number of hydrogen-bond acceptors (Lipinski definition) is 1. The topological polar surface area (TPSA) is 12.9 Å². The minimum Gasteiger partial charge on any atom is -0.265 e. The van der Waals surface area contributed by atoms with E-state index in [1.165, 1.54) is 17.5 Å². The highest BCUT2D eigenvalue weighted by Crippen LogP contribution is 2.51. The van der Waals surface area contributed by atoms with E-state index >= 15 is 0 Å². The molecule has 1 aliphatic carbocycles. The van der Waals surface area contributed by atoms with Gasteiger partial charge in [-0.1, -0.05) is 30.3 Å². The number of alkyl halides is 1. The predicted octanol–water partition coefficient (Wildman–Crippen LogP) is 4.04. The molecule has 3 atom stereocenters. The summed E-state index contributed by atoms with van der Waals surface area (Å²) in [5.74, 6) is 1.29. The molecule has 2 aromatic rings. The molecule has 0 amide bonds. The molecule has 0 radical (unpaired) electrons. The zero-order valence-electron chi connectivity index (χ0n) is 10.2. The summed E-state index contributed by atoms with van der Waals surface area (Å²) in [6, 6.07) is 14.8. The Hall–Kier alpha value is -1.34. The van der Waals surface area contributed by atoms with E-state index in [9.17, 15) is 0 Å². The smallest absolute Gasteiger partial charge is 0.0410 e. The van der Waals surface area contributed by atoms with E-state index in [4.69, 9.17) is 11.6 Å². The maximum Gasteiger partial charge on any atom is 0.0410 e. The summed E-state index contributed by atoms with van der Waals surface area (Å²) in [7, 11) is 0. The molecule has 0 aliphatic heterocycles. The van der Waals surface area contributed by atoms with Crippen LogP contribution in [0.15, 0.2) is 54.9 Å². The summed E-state index contributed by atoms with van der Waals surface area (Å²) in [4.78, 5) is 4.03. The number of rotatable bonds is 4. The molecule has 1 aliphatic rings. The molecule has 0 bridgehead atoms. The van der Waals surface area contributed by atoms with Crippen molar-refractivity contribution >= 4 is 11.6 Å². The molecule has 0 spiro atoms. The molecule has 18 heavy (non-hydrogen) atoms. The molecule has 1 heterocycles. The normalized spacial score (nSPS) is 23.6. The Kier molecular flexibility index (Phi) is 3.33. The lowest BCUT2D eigenvalue weighted by atomic mass is 10.0. The number of benzene rings is 1. The molecule has 1 aromatic heterocycles. The summed E-state index contributed by atoms with van der Waals surface area (Å²) in [6.07, 6.45) is 5.84. The van der Waals surface area contributed by atoms with Crippen molar-refractivity contribution in [1.82, 2.24) is 4.98 Å². The van der Waals surface area contributed by atoms with Crippen LogP contribution in [0.25, 0.3) is 0 Å². The molecule has 1 aromatic carbocycles. The van der Waals surface area contributed by atoms with Crippen LogP contribution in [0.3, 0.4) is 0 Å². The Labute approximate surface area is 113 Å². The van der Waals surface area contributed by atoms with Crippen molar-refractivity contribution in [1.29, 1.82) is 0 Å². The number of aromatic nitrogens is 1. The second kappa shape index (κ2) is 5.11. The quantitative estimate of drug-likeness (QED) is 0.754. The number of pyridine rings is 1. The zero-order chi connectivity index (χ0) is 12.4. The molecular formula is C16H16ClN. The van der Waals surface area contributed by atoms with Crippen molar-refractivity contribution in [2.75, 3.05) is 0 Å². The van der Waals surface area contributed by atoms with Crippen LogP contribution in [-0.4, -0.2) is 10.4 Å². The molecule has 1 saturated carbocycles. The SMILES string of the molecule is ClC(Cc1ccncc1)C1CC1c1ccccc1. The van der Waals surface area contributed by atoms with E-state index in [0.29, 0.717) is 11.8 Å². The Balaban J connectivity index is 1.61. The van der Waals surface area contributed by atoms with E-state index in [1.807, 2.05) is 12.4 Å². The first kappa shape index (κ1) is 11.7. The molecule has 92 valence electrons. The van der Waals surface area contributed by atoms with Gasteiger partial charge in [-0.25, -0.2) is 0 Å². The number of nitrogens with zero attached hydrogens (tertiary/aromatic N) is 1. The first-order chi connectivity index (χ1) is 8.84. The Morgan fingerprint density at radius 3 is 2.56 bits per heavy atom. The van der Waals surface area contributed by atoms with Crippen molar-refractivity contribution in [3.8, 4) is 0 Å². The maximum absolute atomic E-state index is 6.54. The summed E-state index contributed by atoms with van der Waals surface area (Å²) in [5, 5.41) is 0.234. The van der Waals surface area contributed by atoms with Gasteiger partial charge in [-0.2, -0.15) is 0 Å². The summed E-state index contributed by atoms with van der Waals surface area (Å²) in [6.45, 7) is 0.